The highest BCUT2D eigenvalue weighted by Gasteiger charge is 2.33. The van der Waals surface area contributed by atoms with Gasteiger partial charge >= 0.3 is 11.9 Å². The molecule has 0 N–H and O–H groups in total. The molecule has 1 aliphatic rings. The fourth-order valence-electron chi connectivity index (χ4n) is 4.16. The lowest BCUT2D eigenvalue weighted by molar-refractivity contribution is -0.139. The SMILES string of the molecule is CCOC(=O)C1=C(C)N=c2s/c(=C/c3cccc(OC(C)=O)c3)c(=O)n2C1c1ccc(C(C)C)cc1. The molecule has 8 heteroatoms. The van der Waals surface area contributed by atoms with Crippen molar-refractivity contribution in [3.63, 3.8) is 0 Å². The van der Waals surface area contributed by atoms with Gasteiger partial charge in [-0.15, -0.1) is 0 Å². The number of rotatable bonds is 6. The second-order valence-electron chi connectivity index (χ2n) is 8.79. The van der Waals surface area contributed by atoms with Gasteiger partial charge in [-0.25, -0.2) is 9.79 Å². The molecule has 0 spiro atoms. The van der Waals surface area contributed by atoms with E-state index >= 15 is 0 Å². The normalized spacial score (nSPS) is 15.5. The molecular formula is C28H28N2O5S. The van der Waals surface area contributed by atoms with E-state index in [9.17, 15) is 14.4 Å². The summed E-state index contributed by atoms with van der Waals surface area (Å²) in [7, 11) is 0. The molecule has 1 aliphatic heterocycles. The summed E-state index contributed by atoms with van der Waals surface area (Å²) in [5.74, 6) is -0.157. The van der Waals surface area contributed by atoms with Gasteiger partial charge in [0.2, 0.25) is 0 Å². The zero-order valence-electron chi connectivity index (χ0n) is 20.9. The average molecular weight is 505 g/mol. The molecule has 0 aliphatic carbocycles. The summed E-state index contributed by atoms with van der Waals surface area (Å²) in [5, 5.41) is 0. The van der Waals surface area contributed by atoms with E-state index in [1.807, 2.05) is 30.3 Å². The van der Waals surface area contributed by atoms with Gasteiger partial charge in [0.05, 0.1) is 28.5 Å². The molecule has 7 nitrogen and oxygen atoms in total. The first-order chi connectivity index (χ1) is 17.2. The lowest BCUT2D eigenvalue weighted by Gasteiger charge is -2.25. The molecule has 0 saturated carbocycles. The third-order valence-corrected chi connectivity index (χ3v) is 6.84. The summed E-state index contributed by atoms with van der Waals surface area (Å²) in [6.45, 7) is 9.30. The maximum atomic E-state index is 13.7. The van der Waals surface area contributed by atoms with E-state index in [4.69, 9.17) is 9.47 Å². The number of benzene rings is 2. The van der Waals surface area contributed by atoms with Crippen LogP contribution in [0.25, 0.3) is 6.08 Å². The van der Waals surface area contributed by atoms with Gasteiger partial charge in [0, 0.05) is 6.92 Å². The number of carbonyl (C=O) groups excluding carboxylic acids is 2. The zero-order valence-corrected chi connectivity index (χ0v) is 21.7. The summed E-state index contributed by atoms with van der Waals surface area (Å²) in [6.07, 6.45) is 1.74. The second-order valence-corrected chi connectivity index (χ2v) is 9.80. The van der Waals surface area contributed by atoms with Gasteiger partial charge in [-0.2, -0.15) is 0 Å². The highest BCUT2D eigenvalue weighted by Crippen LogP contribution is 2.31. The molecular weight excluding hydrogens is 476 g/mol. The first kappa shape index (κ1) is 25.3. The van der Waals surface area contributed by atoms with Crippen molar-refractivity contribution in [2.45, 2.75) is 46.6 Å². The monoisotopic (exact) mass is 504 g/mol. The van der Waals surface area contributed by atoms with E-state index in [1.165, 1.54) is 18.3 Å². The third-order valence-electron chi connectivity index (χ3n) is 5.85. The highest BCUT2D eigenvalue weighted by atomic mass is 32.1. The van der Waals surface area contributed by atoms with Crippen LogP contribution in [0.1, 0.15) is 63.3 Å². The molecule has 1 atom stereocenters. The van der Waals surface area contributed by atoms with Crippen molar-refractivity contribution >= 4 is 29.4 Å². The summed E-state index contributed by atoms with van der Waals surface area (Å²) < 4.78 is 12.5. The number of hydrogen-bond acceptors (Lipinski definition) is 7. The second kappa shape index (κ2) is 10.5. The number of ether oxygens (including phenoxy) is 2. The number of esters is 2. The van der Waals surface area contributed by atoms with E-state index in [0.29, 0.717) is 37.8 Å². The van der Waals surface area contributed by atoms with E-state index in [2.05, 4.69) is 18.8 Å². The summed E-state index contributed by atoms with van der Waals surface area (Å²) in [5.41, 5.74) is 3.29. The Morgan fingerprint density at radius 3 is 2.53 bits per heavy atom. The minimum atomic E-state index is -0.656. The number of aromatic nitrogens is 1. The molecule has 2 heterocycles. The van der Waals surface area contributed by atoms with E-state index in [0.717, 1.165) is 11.1 Å². The third kappa shape index (κ3) is 5.09. The van der Waals surface area contributed by atoms with Gasteiger partial charge in [-0.05, 0) is 54.7 Å². The van der Waals surface area contributed by atoms with Gasteiger partial charge in [-0.3, -0.25) is 14.2 Å². The van der Waals surface area contributed by atoms with Crippen LogP contribution in [0.3, 0.4) is 0 Å². The molecule has 4 rings (SSSR count). The molecule has 36 heavy (non-hydrogen) atoms. The largest absolute Gasteiger partial charge is 0.463 e. The minimum absolute atomic E-state index is 0.220. The molecule has 0 saturated heterocycles. The zero-order chi connectivity index (χ0) is 26.0. The van der Waals surface area contributed by atoms with Gasteiger partial charge in [0.15, 0.2) is 4.80 Å². The van der Waals surface area contributed by atoms with Crippen LogP contribution >= 0.6 is 11.3 Å². The van der Waals surface area contributed by atoms with Gasteiger partial charge in [0.1, 0.15) is 5.75 Å². The number of allylic oxidation sites excluding steroid dienone is 1. The van der Waals surface area contributed by atoms with Crippen molar-refractivity contribution < 1.29 is 19.1 Å². The van der Waals surface area contributed by atoms with Crippen molar-refractivity contribution in [2.75, 3.05) is 6.61 Å². The molecule has 0 bridgehead atoms. The fraction of sp³-hybridized carbons (Fsp3) is 0.286. The lowest BCUT2D eigenvalue weighted by Crippen LogP contribution is -2.39. The van der Waals surface area contributed by atoms with Crippen LogP contribution in [0, 0.1) is 0 Å². The van der Waals surface area contributed by atoms with Crippen LogP contribution in [0.5, 0.6) is 5.75 Å². The standard InChI is InChI=1S/C28H28N2O5S/c1-6-34-27(33)24-17(4)29-28-30(25(24)21-12-10-20(11-13-21)16(2)3)26(32)23(36-28)15-19-8-7-9-22(14-19)35-18(5)31/h7-16,25H,6H2,1-5H3/b23-15+. The Morgan fingerprint density at radius 2 is 1.89 bits per heavy atom. The topological polar surface area (TPSA) is 87.0 Å². The van der Waals surface area contributed by atoms with Crippen molar-refractivity contribution in [2.24, 2.45) is 4.99 Å². The van der Waals surface area contributed by atoms with Crippen LogP contribution in [0.4, 0.5) is 0 Å². The Morgan fingerprint density at radius 1 is 1.17 bits per heavy atom. The highest BCUT2D eigenvalue weighted by molar-refractivity contribution is 7.07. The Hall–Kier alpha value is -3.78. The first-order valence-corrected chi connectivity index (χ1v) is 12.6. The van der Waals surface area contributed by atoms with Gasteiger partial charge < -0.3 is 9.47 Å². The number of carbonyl (C=O) groups is 2. The Balaban J connectivity index is 1.89. The number of fused-ring (bicyclic) bond motifs is 1. The number of nitrogens with zero attached hydrogens (tertiary/aromatic N) is 2. The van der Waals surface area contributed by atoms with Crippen molar-refractivity contribution in [1.82, 2.24) is 4.57 Å². The molecule has 0 fully saturated rings. The van der Waals surface area contributed by atoms with Crippen LogP contribution in [-0.4, -0.2) is 23.1 Å². The van der Waals surface area contributed by atoms with Crippen LogP contribution in [0.15, 0.2) is 69.6 Å². The number of hydrogen-bond donors (Lipinski definition) is 0. The predicted molar refractivity (Wildman–Crippen MR) is 139 cm³/mol. The molecule has 1 unspecified atom stereocenters. The Labute approximate surface area is 213 Å². The van der Waals surface area contributed by atoms with E-state index in [-0.39, 0.29) is 12.2 Å². The minimum Gasteiger partial charge on any atom is -0.463 e. The molecule has 186 valence electrons. The number of thiazole rings is 1. The maximum Gasteiger partial charge on any atom is 0.338 e. The average Bonchev–Trinajstić information content (AvgIpc) is 3.12. The molecule has 2 aromatic carbocycles. The summed E-state index contributed by atoms with van der Waals surface area (Å²) in [4.78, 5) is 43.1. The lowest BCUT2D eigenvalue weighted by atomic mass is 9.93. The van der Waals surface area contributed by atoms with Crippen LogP contribution in [-0.2, 0) is 14.3 Å². The molecule has 0 radical (unpaired) electrons. The predicted octanol–water partition coefficient (Wildman–Crippen LogP) is 3.85. The molecule has 1 aromatic heterocycles. The quantitative estimate of drug-likeness (QED) is 0.376. The molecule has 3 aromatic rings. The van der Waals surface area contributed by atoms with Gasteiger partial charge in [0.25, 0.3) is 5.56 Å². The maximum absolute atomic E-state index is 13.7. The van der Waals surface area contributed by atoms with Gasteiger partial charge in [-0.1, -0.05) is 61.6 Å². The first-order valence-electron chi connectivity index (χ1n) is 11.8. The van der Waals surface area contributed by atoms with Crippen LogP contribution < -0.4 is 19.6 Å². The molecule has 0 amide bonds. The van der Waals surface area contributed by atoms with Crippen LogP contribution in [0.2, 0.25) is 0 Å². The summed E-state index contributed by atoms with van der Waals surface area (Å²) >= 11 is 1.25. The Kier molecular flexibility index (Phi) is 7.35. The van der Waals surface area contributed by atoms with Crippen molar-refractivity contribution in [3.8, 4) is 5.75 Å². The fourth-order valence-corrected chi connectivity index (χ4v) is 5.20. The van der Waals surface area contributed by atoms with Crippen molar-refractivity contribution in [3.05, 3.63) is 96.2 Å². The van der Waals surface area contributed by atoms with Crippen molar-refractivity contribution in [1.29, 1.82) is 0 Å². The Bertz CT molecular complexity index is 1530. The smallest absolute Gasteiger partial charge is 0.338 e. The van der Waals surface area contributed by atoms with E-state index in [1.54, 1.807) is 42.7 Å². The summed E-state index contributed by atoms with van der Waals surface area (Å²) in [6, 6.07) is 14.2. The van der Waals surface area contributed by atoms with E-state index < -0.39 is 18.0 Å².